The Morgan fingerprint density at radius 1 is 0.933 bits per heavy atom. The molecule has 0 bridgehead atoms. The summed E-state index contributed by atoms with van der Waals surface area (Å²) in [5.74, 6) is -0.856. The second kappa shape index (κ2) is 10.4. The molecule has 0 atom stereocenters. The summed E-state index contributed by atoms with van der Waals surface area (Å²) in [7, 11) is 0. The van der Waals surface area contributed by atoms with Crippen LogP contribution in [-0.4, -0.2) is 37.5 Å². The SMILES string of the molecule is CCOc1ccc(NC(=O)COC(=O)CNC(=O)c2ccc(C(C)(C)C)cc2)cc1. The van der Waals surface area contributed by atoms with Crippen molar-refractivity contribution in [2.75, 3.05) is 25.1 Å². The van der Waals surface area contributed by atoms with Gasteiger partial charge in [0.25, 0.3) is 11.8 Å². The minimum Gasteiger partial charge on any atom is -0.494 e. The maximum Gasteiger partial charge on any atom is 0.325 e. The van der Waals surface area contributed by atoms with Crippen molar-refractivity contribution >= 4 is 23.5 Å². The van der Waals surface area contributed by atoms with E-state index in [0.29, 0.717) is 23.6 Å². The number of hydrogen-bond acceptors (Lipinski definition) is 5. The summed E-state index contributed by atoms with van der Waals surface area (Å²) in [6, 6.07) is 14.0. The van der Waals surface area contributed by atoms with E-state index in [1.54, 1.807) is 36.4 Å². The lowest BCUT2D eigenvalue weighted by molar-refractivity contribution is -0.146. The second-order valence-corrected chi connectivity index (χ2v) is 7.68. The van der Waals surface area contributed by atoms with E-state index in [0.717, 1.165) is 5.56 Å². The largest absolute Gasteiger partial charge is 0.494 e. The van der Waals surface area contributed by atoms with Crippen LogP contribution in [0, 0.1) is 0 Å². The van der Waals surface area contributed by atoms with E-state index in [4.69, 9.17) is 9.47 Å². The van der Waals surface area contributed by atoms with Crippen molar-refractivity contribution in [2.45, 2.75) is 33.1 Å². The summed E-state index contributed by atoms with van der Waals surface area (Å²) in [4.78, 5) is 35.9. The molecular weight excluding hydrogens is 384 g/mol. The standard InChI is InChI=1S/C23H28N2O5/c1-5-29-19-12-10-18(11-13-19)25-20(26)15-30-21(27)14-24-22(28)16-6-8-17(9-7-16)23(2,3)4/h6-13H,5,14-15H2,1-4H3,(H,24,28)(H,25,26). The maximum atomic E-state index is 12.2. The number of carbonyl (C=O) groups is 3. The third-order valence-corrected chi connectivity index (χ3v) is 4.22. The Morgan fingerprint density at radius 2 is 1.57 bits per heavy atom. The van der Waals surface area contributed by atoms with Crippen LogP contribution in [-0.2, 0) is 19.7 Å². The van der Waals surface area contributed by atoms with Crippen LogP contribution in [0.3, 0.4) is 0 Å². The molecule has 0 heterocycles. The molecule has 0 saturated heterocycles. The van der Waals surface area contributed by atoms with Gasteiger partial charge >= 0.3 is 5.97 Å². The molecule has 2 aromatic carbocycles. The molecule has 0 aliphatic rings. The number of ether oxygens (including phenoxy) is 2. The van der Waals surface area contributed by atoms with Crippen LogP contribution in [0.4, 0.5) is 5.69 Å². The number of rotatable bonds is 8. The molecule has 160 valence electrons. The topological polar surface area (TPSA) is 93.7 Å². The normalized spacial score (nSPS) is 10.8. The van der Waals surface area contributed by atoms with E-state index in [9.17, 15) is 14.4 Å². The van der Waals surface area contributed by atoms with Crippen molar-refractivity contribution in [3.63, 3.8) is 0 Å². The minimum atomic E-state index is -0.698. The highest BCUT2D eigenvalue weighted by Crippen LogP contribution is 2.22. The lowest BCUT2D eigenvalue weighted by Gasteiger charge is -2.19. The lowest BCUT2D eigenvalue weighted by Crippen LogP contribution is -2.32. The van der Waals surface area contributed by atoms with Crippen LogP contribution in [0.5, 0.6) is 5.75 Å². The molecule has 0 unspecified atom stereocenters. The first kappa shape index (κ1) is 22.9. The average molecular weight is 412 g/mol. The number of amides is 2. The highest BCUT2D eigenvalue weighted by molar-refractivity contribution is 5.96. The van der Waals surface area contributed by atoms with Gasteiger partial charge in [0.1, 0.15) is 12.3 Å². The van der Waals surface area contributed by atoms with E-state index in [1.807, 2.05) is 19.1 Å². The average Bonchev–Trinajstić information content (AvgIpc) is 2.71. The Labute approximate surface area is 176 Å². The fourth-order valence-corrected chi connectivity index (χ4v) is 2.57. The van der Waals surface area contributed by atoms with Crippen LogP contribution in [0.2, 0.25) is 0 Å². The molecule has 2 amide bonds. The van der Waals surface area contributed by atoms with Crippen molar-refractivity contribution in [1.29, 1.82) is 0 Å². The van der Waals surface area contributed by atoms with Crippen molar-refractivity contribution in [3.8, 4) is 5.75 Å². The van der Waals surface area contributed by atoms with Crippen LogP contribution in [0.25, 0.3) is 0 Å². The molecule has 0 aliphatic carbocycles. The molecule has 0 radical (unpaired) electrons. The number of carbonyl (C=O) groups excluding carboxylic acids is 3. The second-order valence-electron chi connectivity index (χ2n) is 7.68. The van der Waals surface area contributed by atoms with Gasteiger partial charge < -0.3 is 20.1 Å². The predicted molar refractivity (Wildman–Crippen MR) is 115 cm³/mol. The van der Waals surface area contributed by atoms with E-state index in [2.05, 4.69) is 31.4 Å². The Kier molecular flexibility index (Phi) is 7.98. The van der Waals surface area contributed by atoms with Crippen molar-refractivity contribution in [2.24, 2.45) is 0 Å². The fourth-order valence-electron chi connectivity index (χ4n) is 2.57. The van der Waals surface area contributed by atoms with E-state index in [1.165, 1.54) is 0 Å². The first-order valence-electron chi connectivity index (χ1n) is 9.76. The molecule has 2 N–H and O–H groups in total. The van der Waals surface area contributed by atoms with Crippen LogP contribution in [0.15, 0.2) is 48.5 Å². The summed E-state index contributed by atoms with van der Waals surface area (Å²) in [6.07, 6.45) is 0. The van der Waals surface area contributed by atoms with Gasteiger partial charge in [-0.1, -0.05) is 32.9 Å². The molecule has 2 rings (SSSR count). The first-order valence-corrected chi connectivity index (χ1v) is 9.76. The highest BCUT2D eigenvalue weighted by Gasteiger charge is 2.15. The predicted octanol–water partition coefficient (Wildman–Crippen LogP) is 3.29. The quantitative estimate of drug-likeness (QED) is 0.649. The zero-order valence-corrected chi connectivity index (χ0v) is 17.8. The lowest BCUT2D eigenvalue weighted by atomic mass is 9.87. The summed E-state index contributed by atoms with van der Waals surface area (Å²) >= 11 is 0. The third kappa shape index (κ3) is 7.24. The van der Waals surface area contributed by atoms with E-state index >= 15 is 0 Å². The first-order chi connectivity index (χ1) is 14.2. The molecule has 7 nitrogen and oxygen atoms in total. The molecule has 2 aromatic rings. The molecule has 0 aliphatic heterocycles. The van der Waals surface area contributed by atoms with E-state index in [-0.39, 0.29) is 17.9 Å². The van der Waals surface area contributed by atoms with Crippen LogP contribution >= 0.6 is 0 Å². The van der Waals surface area contributed by atoms with Gasteiger partial charge in [-0.2, -0.15) is 0 Å². The number of hydrogen-bond donors (Lipinski definition) is 2. The van der Waals surface area contributed by atoms with Crippen molar-refractivity contribution in [3.05, 3.63) is 59.7 Å². The molecule has 30 heavy (non-hydrogen) atoms. The fraction of sp³-hybridized carbons (Fsp3) is 0.348. The van der Waals surface area contributed by atoms with Gasteiger partial charge in [-0.3, -0.25) is 14.4 Å². The number of anilines is 1. The summed E-state index contributed by atoms with van der Waals surface area (Å²) in [5.41, 5.74) is 2.11. The summed E-state index contributed by atoms with van der Waals surface area (Å²) in [5, 5.41) is 5.11. The Bertz CT molecular complexity index is 868. The van der Waals surface area contributed by atoms with Crippen LogP contribution in [0.1, 0.15) is 43.6 Å². The van der Waals surface area contributed by atoms with Gasteiger partial charge in [-0.15, -0.1) is 0 Å². The van der Waals surface area contributed by atoms with Gasteiger partial charge in [-0.05, 0) is 54.3 Å². The summed E-state index contributed by atoms with van der Waals surface area (Å²) < 4.78 is 10.2. The number of nitrogens with one attached hydrogen (secondary N) is 2. The van der Waals surface area contributed by atoms with Gasteiger partial charge in [0.05, 0.1) is 6.61 Å². The third-order valence-electron chi connectivity index (χ3n) is 4.22. The Balaban J connectivity index is 1.73. The van der Waals surface area contributed by atoms with Gasteiger partial charge in [0.15, 0.2) is 6.61 Å². The molecule has 0 spiro atoms. The number of esters is 1. The molecule has 0 fully saturated rings. The van der Waals surface area contributed by atoms with Crippen molar-refractivity contribution in [1.82, 2.24) is 5.32 Å². The minimum absolute atomic E-state index is 0.00922. The van der Waals surface area contributed by atoms with Gasteiger partial charge in [-0.25, -0.2) is 0 Å². The monoisotopic (exact) mass is 412 g/mol. The molecule has 0 saturated carbocycles. The van der Waals surface area contributed by atoms with Gasteiger partial charge in [0, 0.05) is 11.3 Å². The number of benzene rings is 2. The zero-order valence-electron chi connectivity index (χ0n) is 17.8. The smallest absolute Gasteiger partial charge is 0.325 e. The molecule has 0 aromatic heterocycles. The highest BCUT2D eigenvalue weighted by atomic mass is 16.5. The van der Waals surface area contributed by atoms with E-state index < -0.39 is 18.5 Å². The Hall–Kier alpha value is -3.35. The molecule has 7 heteroatoms. The summed E-state index contributed by atoms with van der Waals surface area (Å²) in [6.45, 7) is 7.94. The van der Waals surface area contributed by atoms with Crippen molar-refractivity contribution < 1.29 is 23.9 Å². The van der Waals surface area contributed by atoms with Gasteiger partial charge in [0.2, 0.25) is 0 Å². The zero-order chi connectivity index (χ0) is 22.1. The Morgan fingerprint density at radius 3 is 2.13 bits per heavy atom. The molecular formula is C23H28N2O5. The maximum absolute atomic E-state index is 12.2. The van der Waals surface area contributed by atoms with Crippen LogP contribution < -0.4 is 15.4 Å².